The first-order valence-corrected chi connectivity index (χ1v) is 10.0. The third-order valence-electron chi connectivity index (χ3n) is 6.20. The molecule has 3 aliphatic heterocycles. The van der Waals surface area contributed by atoms with Crippen LogP contribution >= 0.6 is 0 Å². The van der Waals surface area contributed by atoms with E-state index in [1.807, 2.05) is 12.3 Å². The highest BCUT2D eigenvalue weighted by Gasteiger charge is 2.34. The summed E-state index contributed by atoms with van der Waals surface area (Å²) in [5.41, 5.74) is 2.95. The summed E-state index contributed by atoms with van der Waals surface area (Å²) in [7, 11) is 0. The minimum Gasteiger partial charge on any atom is -0.354 e. The fourth-order valence-electron chi connectivity index (χ4n) is 4.62. The van der Waals surface area contributed by atoms with E-state index in [0.29, 0.717) is 0 Å². The van der Waals surface area contributed by atoms with Gasteiger partial charge in [-0.05, 0) is 31.4 Å². The van der Waals surface area contributed by atoms with Crippen molar-refractivity contribution in [1.29, 1.82) is 0 Å². The van der Waals surface area contributed by atoms with Gasteiger partial charge in [0.15, 0.2) is 0 Å². The normalized spacial score (nSPS) is 22.2. The molecule has 5 heterocycles. The van der Waals surface area contributed by atoms with E-state index in [9.17, 15) is 0 Å². The standard InChI is InChI=1S/C20H28N6/c1-3-7-21-20(6-1)25-11-9-24(10-12-25)18-15-23(16-18)14-17-13-22-26-8-4-2-5-19(17)26/h1,3,6-7,13,18H,2,4-5,8-12,14-16H2. The second-order valence-corrected chi connectivity index (χ2v) is 7.86. The van der Waals surface area contributed by atoms with Gasteiger partial charge in [-0.3, -0.25) is 14.5 Å². The number of aromatic nitrogens is 3. The fraction of sp³-hybridized carbons (Fsp3) is 0.600. The minimum absolute atomic E-state index is 0.729. The molecule has 0 N–H and O–H groups in total. The molecule has 2 fully saturated rings. The molecule has 138 valence electrons. The van der Waals surface area contributed by atoms with Gasteiger partial charge in [0.25, 0.3) is 0 Å². The Labute approximate surface area is 155 Å². The van der Waals surface area contributed by atoms with Gasteiger partial charge in [-0.1, -0.05) is 6.07 Å². The maximum absolute atomic E-state index is 4.58. The second kappa shape index (κ2) is 7.00. The quantitative estimate of drug-likeness (QED) is 0.836. The van der Waals surface area contributed by atoms with Crippen molar-refractivity contribution in [2.24, 2.45) is 0 Å². The highest BCUT2D eigenvalue weighted by molar-refractivity contribution is 5.38. The lowest BCUT2D eigenvalue weighted by atomic mass is 10.0. The molecule has 6 heteroatoms. The highest BCUT2D eigenvalue weighted by atomic mass is 15.4. The van der Waals surface area contributed by atoms with Crippen molar-refractivity contribution >= 4 is 5.82 Å². The molecule has 0 aliphatic carbocycles. The summed E-state index contributed by atoms with van der Waals surface area (Å²) in [6.07, 6.45) is 7.81. The number of fused-ring (bicyclic) bond motifs is 1. The summed E-state index contributed by atoms with van der Waals surface area (Å²) in [4.78, 5) is 12.2. The summed E-state index contributed by atoms with van der Waals surface area (Å²) < 4.78 is 2.23. The van der Waals surface area contributed by atoms with Gasteiger partial charge in [0.2, 0.25) is 0 Å². The highest BCUT2D eigenvalue weighted by Crippen LogP contribution is 2.24. The van der Waals surface area contributed by atoms with Gasteiger partial charge in [0.05, 0.1) is 6.20 Å². The maximum atomic E-state index is 4.58. The van der Waals surface area contributed by atoms with E-state index in [-0.39, 0.29) is 0 Å². The molecule has 3 aliphatic rings. The number of rotatable bonds is 4. The van der Waals surface area contributed by atoms with Crippen LogP contribution in [0.2, 0.25) is 0 Å². The number of aryl methyl sites for hydroxylation is 1. The summed E-state index contributed by atoms with van der Waals surface area (Å²) in [6, 6.07) is 6.91. The SMILES string of the molecule is c1ccc(N2CCN(C3CN(Cc4cnn5c4CCCC5)C3)CC2)nc1. The molecular weight excluding hydrogens is 324 g/mol. The zero-order valence-corrected chi connectivity index (χ0v) is 15.4. The molecule has 2 aromatic heterocycles. The Morgan fingerprint density at radius 2 is 1.88 bits per heavy atom. The average Bonchev–Trinajstić information content (AvgIpc) is 3.08. The maximum Gasteiger partial charge on any atom is 0.128 e. The minimum atomic E-state index is 0.729. The molecule has 5 rings (SSSR count). The molecule has 0 atom stereocenters. The molecule has 0 spiro atoms. The number of hydrogen-bond donors (Lipinski definition) is 0. The van der Waals surface area contributed by atoms with E-state index < -0.39 is 0 Å². The molecule has 0 saturated carbocycles. The second-order valence-electron chi connectivity index (χ2n) is 7.86. The van der Waals surface area contributed by atoms with Crippen molar-refractivity contribution in [2.75, 3.05) is 44.2 Å². The van der Waals surface area contributed by atoms with Crippen LogP contribution in [0.15, 0.2) is 30.6 Å². The van der Waals surface area contributed by atoms with E-state index >= 15 is 0 Å². The van der Waals surface area contributed by atoms with Gasteiger partial charge in [-0.25, -0.2) is 4.98 Å². The van der Waals surface area contributed by atoms with E-state index in [2.05, 4.69) is 47.8 Å². The Morgan fingerprint density at radius 1 is 1.00 bits per heavy atom. The van der Waals surface area contributed by atoms with Crippen LogP contribution in [0.5, 0.6) is 0 Å². The molecule has 0 aromatic carbocycles. The van der Waals surface area contributed by atoms with Gasteiger partial charge < -0.3 is 4.90 Å². The molecule has 0 bridgehead atoms. The smallest absolute Gasteiger partial charge is 0.128 e. The number of pyridine rings is 1. The third-order valence-corrected chi connectivity index (χ3v) is 6.20. The molecule has 2 saturated heterocycles. The van der Waals surface area contributed by atoms with Crippen LogP contribution in [0.3, 0.4) is 0 Å². The molecular formula is C20H28N6. The zero-order valence-electron chi connectivity index (χ0n) is 15.4. The van der Waals surface area contributed by atoms with Crippen LogP contribution in [0, 0.1) is 0 Å². The van der Waals surface area contributed by atoms with Crippen LogP contribution in [-0.2, 0) is 19.5 Å². The van der Waals surface area contributed by atoms with Crippen molar-refractivity contribution in [1.82, 2.24) is 24.6 Å². The lowest BCUT2D eigenvalue weighted by Gasteiger charge is -2.48. The molecule has 0 unspecified atom stereocenters. The number of piperazine rings is 1. The van der Waals surface area contributed by atoms with Crippen molar-refractivity contribution in [3.05, 3.63) is 41.9 Å². The molecule has 6 nitrogen and oxygen atoms in total. The van der Waals surface area contributed by atoms with E-state index in [4.69, 9.17) is 0 Å². The molecule has 0 radical (unpaired) electrons. The lowest BCUT2D eigenvalue weighted by molar-refractivity contribution is 0.0253. The Balaban J connectivity index is 1.11. The predicted molar refractivity (Wildman–Crippen MR) is 102 cm³/mol. The third kappa shape index (κ3) is 3.12. The largest absolute Gasteiger partial charge is 0.354 e. The monoisotopic (exact) mass is 352 g/mol. The fourth-order valence-corrected chi connectivity index (χ4v) is 4.62. The number of likely N-dealkylation sites (tertiary alicyclic amines) is 1. The zero-order chi connectivity index (χ0) is 17.3. The lowest BCUT2D eigenvalue weighted by Crippen LogP contribution is -2.62. The van der Waals surface area contributed by atoms with E-state index in [0.717, 1.165) is 51.1 Å². The summed E-state index contributed by atoms with van der Waals surface area (Å²) >= 11 is 0. The summed E-state index contributed by atoms with van der Waals surface area (Å²) in [6.45, 7) is 9.08. The van der Waals surface area contributed by atoms with Crippen LogP contribution in [0.25, 0.3) is 0 Å². The average molecular weight is 352 g/mol. The van der Waals surface area contributed by atoms with Gasteiger partial charge >= 0.3 is 0 Å². The molecule has 0 amide bonds. The topological polar surface area (TPSA) is 40.4 Å². The number of hydrogen-bond acceptors (Lipinski definition) is 5. The van der Waals surface area contributed by atoms with Gasteiger partial charge in [0.1, 0.15) is 5.82 Å². The van der Waals surface area contributed by atoms with Crippen molar-refractivity contribution < 1.29 is 0 Å². The Morgan fingerprint density at radius 3 is 2.69 bits per heavy atom. The van der Waals surface area contributed by atoms with Gasteiger partial charge in [-0.2, -0.15) is 5.10 Å². The Bertz CT molecular complexity index is 728. The molecule has 26 heavy (non-hydrogen) atoms. The van der Waals surface area contributed by atoms with Gasteiger partial charge in [-0.15, -0.1) is 0 Å². The van der Waals surface area contributed by atoms with Crippen LogP contribution in [0.1, 0.15) is 24.1 Å². The first kappa shape index (κ1) is 16.3. The first-order chi connectivity index (χ1) is 12.9. The summed E-state index contributed by atoms with van der Waals surface area (Å²) in [5.74, 6) is 1.12. The number of nitrogens with zero attached hydrogens (tertiary/aromatic N) is 6. The van der Waals surface area contributed by atoms with Crippen molar-refractivity contribution in [3.8, 4) is 0 Å². The van der Waals surface area contributed by atoms with Crippen LogP contribution in [-0.4, -0.2) is 69.9 Å². The van der Waals surface area contributed by atoms with Crippen LogP contribution < -0.4 is 4.90 Å². The first-order valence-electron chi connectivity index (χ1n) is 10.0. The Kier molecular flexibility index (Phi) is 4.38. The Hall–Kier alpha value is -1.92. The van der Waals surface area contributed by atoms with Crippen molar-refractivity contribution in [3.63, 3.8) is 0 Å². The summed E-state index contributed by atoms with van der Waals surface area (Å²) in [5, 5.41) is 4.58. The van der Waals surface area contributed by atoms with Crippen molar-refractivity contribution in [2.45, 2.75) is 38.4 Å². The van der Waals surface area contributed by atoms with Crippen LogP contribution in [0.4, 0.5) is 5.82 Å². The predicted octanol–water partition coefficient (Wildman–Crippen LogP) is 1.62. The van der Waals surface area contributed by atoms with Gasteiger partial charge in [0, 0.05) is 75.9 Å². The van der Waals surface area contributed by atoms with E-state index in [1.54, 1.807) is 0 Å². The van der Waals surface area contributed by atoms with E-state index in [1.165, 1.54) is 43.6 Å². The number of anilines is 1. The molecule has 2 aromatic rings.